The van der Waals surface area contributed by atoms with Crippen molar-refractivity contribution in [2.75, 3.05) is 34.4 Å². The maximum absolute atomic E-state index is 12.8. The molecule has 0 heterocycles. The topological polar surface area (TPSA) is 38.8 Å². The van der Waals surface area contributed by atoms with E-state index < -0.39 is 0 Å². The third kappa shape index (κ3) is 8.44. The van der Waals surface area contributed by atoms with Crippen LogP contribution >= 0.6 is 0 Å². The molecular formula is C23H35NO3. The number of carbonyl (C=O) groups excluding carboxylic acids is 1. The SMILES string of the molecule is C/C=C\CCC1C=CC(CN(C)C(=O)C(/C=C(\COC)OC)=C/C)=CCC1. The molecule has 0 aliphatic heterocycles. The lowest BCUT2D eigenvalue weighted by atomic mass is 9.98. The Hall–Kier alpha value is -2.07. The fourth-order valence-corrected chi connectivity index (χ4v) is 3.05. The predicted octanol–water partition coefficient (Wildman–Crippen LogP) is 4.82. The van der Waals surface area contributed by atoms with Gasteiger partial charge >= 0.3 is 0 Å². The molecule has 0 saturated heterocycles. The Bertz CT molecular complexity index is 611. The average Bonchev–Trinajstić information content (AvgIpc) is 2.90. The van der Waals surface area contributed by atoms with E-state index in [0.717, 1.165) is 12.8 Å². The second-order valence-electron chi connectivity index (χ2n) is 6.77. The zero-order valence-corrected chi connectivity index (χ0v) is 17.5. The monoisotopic (exact) mass is 373 g/mol. The summed E-state index contributed by atoms with van der Waals surface area (Å²) in [5.74, 6) is 1.22. The smallest absolute Gasteiger partial charge is 0.253 e. The van der Waals surface area contributed by atoms with Crippen molar-refractivity contribution in [2.24, 2.45) is 5.92 Å². The molecule has 1 aliphatic carbocycles. The lowest BCUT2D eigenvalue weighted by Gasteiger charge is -2.19. The molecule has 0 N–H and O–H groups in total. The van der Waals surface area contributed by atoms with E-state index in [0.29, 0.717) is 30.4 Å². The van der Waals surface area contributed by atoms with Crippen LogP contribution in [0.3, 0.4) is 0 Å². The summed E-state index contributed by atoms with van der Waals surface area (Å²) >= 11 is 0. The van der Waals surface area contributed by atoms with Gasteiger partial charge in [-0.3, -0.25) is 4.79 Å². The first kappa shape index (κ1) is 23.0. The first-order valence-corrected chi connectivity index (χ1v) is 9.69. The van der Waals surface area contributed by atoms with Gasteiger partial charge in [0, 0.05) is 26.3 Å². The van der Waals surface area contributed by atoms with Crippen molar-refractivity contribution in [1.29, 1.82) is 0 Å². The zero-order chi connectivity index (χ0) is 20.1. The number of ether oxygens (including phenoxy) is 2. The summed E-state index contributed by atoms with van der Waals surface area (Å²) in [5.41, 5.74) is 1.80. The van der Waals surface area contributed by atoms with Crippen LogP contribution in [0.1, 0.15) is 39.5 Å². The van der Waals surface area contributed by atoms with Gasteiger partial charge in [0.1, 0.15) is 12.4 Å². The minimum Gasteiger partial charge on any atom is -0.499 e. The van der Waals surface area contributed by atoms with Gasteiger partial charge in [0.25, 0.3) is 5.91 Å². The van der Waals surface area contributed by atoms with E-state index in [1.807, 2.05) is 20.0 Å². The van der Waals surface area contributed by atoms with Crippen molar-refractivity contribution in [3.8, 4) is 0 Å². The highest BCUT2D eigenvalue weighted by Gasteiger charge is 2.15. The number of carbonyl (C=O) groups is 1. The van der Waals surface area contributed by atoms with Crippen LogP contribution in [0, 0.1) is 5.92 Å². The molecular weight excluding hydrogens is 338 g/mol. The number of likely N-dealkylation sites (N-methyl/N-ethyl adjacent to an activating group) is 1. The van der Waals surface area contributed by atoms with Crippen LogP contribution in [0.25, 0.3) is 0 Å². The van der Waals surface area contributed by atoms with Crippen LogP contribution in [0.15, 0.2) is 59.4 Å². The number of methoxy groups -OCH3 is 2. The van der Waals surface area contributed by atoms with Gasteiger partial charge in [-0.1, -0.05) is 36.5 Å². The molecule has 0 bridgehead atoms. The molecule has 1 rings (SSSR count). The lowest BCUT2D eigenvalue weighted by Crippen LogP contribution is -2.29. The average molecular weight is 374 g/mol. The summed E-state index contributed by atoms with van der Waals surface area (Å²) in [4.78, 5) is 14.5. The van der Waals surface area contributed by atoms with Crippen molar-refractivity contribution in [3.63, 3.8) is 0 Å². The van der Waals surface area contributed by atoms with Crippen molar-refractivity contribution in [1.82, 2.24) is 4.90 Å². The van der Waals surface area contributed by atoms with Crippen molar-refractivity contribution >= 4 is 5.91 Å². The predicted molar refractivity (Wildman–Crippen MR) is 112 cm³/mol. The molecule has 4 heteroatoms. The largest absolute Gasteiger partial charge is 0.499 e. The third-order valence-corrected chi connectivity index (χ3v) is 4.66. The molecule has 1 atom stereocenters. The second kappa shape index (κ2) is 13.2. The molecule has 0 radical (unpaired) electrons. The van der Waals surface area contributed by atoms with E-state index in [1.54, 1.807) is 25.2 Å². The third-order valence-electron chi connectivity index (χ3n) is 4.66. The van der Waals surface area contributed by atoms with E-state index >= 15 is 0 Å². The minimum absolute atomic E-state index is 0.0219. The number of amides is 1. The maximum Gasteiger partial charge on any atom is 0.253 e. The van der Waals surface area contributed by atoms with E-state index in [-0.39, 0.29) is 5.91 Å². The van der Waals surface area contributed by atoms with Crippen LogP contribution < -0.4 is 0 Å². The Morgan fingerprint density at radius 1 is 1.33 bits per heavy atom. The number of hydrogen-bond acceptors (Lipinski definition) is 3. The molecule has 0 aromatic heterocycles. The van der Waals surface area contributed by atoms with E-state index in [1.165, 1.54) is 18.4 Å². The number of allylic oxidation sites excluding steroid dienone is 5. The molecule has 0 saturated carbocycles. The highest BCUT2D eigenvalue weighted by atomic mass is 16.5. The summed E-state index contributed by atoms with van der Waals surface area (Å²) < 4.78 is 10.4. The quantitative estimate of drug-likeness (QED) is 0.239. The van der Waals surface area contributed by atoms with Gasteiger partial charge in [-0.25, -0.2) is 0 Å². The van der Waals surface area contributed by atoms with Gasteiger partial charge in [-0.05, 0) is 57.1 Å². The van der Waals surface area contributed by atoms with E-state index in [2.05, 4.69) is 37.3 Å². The van der Waals surface area contributed by atoms with Gasteiger partial charge < -0.3 is 14.4 Å². The highest BCUT2D eigenvalue weighted by Crippen LogP contribution is 2.21. The summed E-state index contributed by atoms with van der Waals surface area (Å²) in [6.45, 7) is 4.87. The fraction of sp³-hybridized carbons (Fsp3) is 0.522. The Morgan fingerprint density at radius 2 is 2.11 bits per heavy atom. The first-order valence-electron chi connectivity index (χ1n) is 9.69. The molecule has 27 heavy (non-hydrogen) atoms. The summed E-state index contributed by atoms with van der Waals surface area (Å²) in [6.07, 6.45) is 19.2. The molecule has 0 aromatic carbocycles. The van der Waals surface area contributed by atoms with Crippen molar-refractivity contribution in [3.05, 3.63) is 59.4 Å². The second-order valence-corrected chi connectivity index (χ2v) is 6.77. The molecule has 1 amide bonds. The van der Waals surface area contributed by atoms with Gasteiger partial charge in [0.2, 0.25) is 0 Å². The molecule has 0 aromatic rings. The van der Waals surface area contributed by atoms with Crippen LogP contribution in [0.5, 0.6) is 0 Å². The summed E-state index contributed by atoms with van der Waals surface area (Å²) in [7, 11) is 5.03. The molecule has 0 spiro atoms. The highest BCUT2D eigenvalue weighted by molar-refractivity contribution is 5.96. The van der Waals surface area contributed by atoms with Crippen LogP contribution in [-0.4, -0.2) is 45.2 Å². The molecule has 0 fully saturated rings. The molecule has 1 unspecified atom stereocenters. The van der Waals surface area contributed by atoms with Gasteiger partial charge in [-0.15, -0.1) is 0 Å². The normalized spacial score (nSPS) is 18.4. The summed E-state index contributed by atoms with van der Waals surface area (Å²) in [6, 6.07) is 0. The molecule has 1 aliphatic rings. The maximum atomic E-state index is 12.8. The molecule has 150 valence electrons. The Morgan fingerprint density at radius 3 is 2.74 bits per heavy atom. The van der Waals surface area contributed by atoms with Gasteiger partial charge in [-0.2, -0.15) is 0 Å². The Balaban J connectivity index is 2.70. The van der Waals surface area contributed by atoms with Crippen LogP contribution in [0.2, 0.25) is 0 Å². The van der Waals surface area contributed by atoms with E-state index in [4.69, 9.17) is 9.47 Å². The lowest BCUT2D eigenvalue weighted by molar-refractivity contribution is -0.125. The standard InChI is InChI=1S/C23H35NO3/c1-6-8-9-11-19-12-10-13-20(15-14-19)17-24(3)23(25)21(7-2)16-22(27-5)18-26-4/h6-8,13-16,19H,9-12,17-18H2,1-5H3/b8-6-,21-7+,22-16+. The molecule has 4 nitrogen and oxygen atoms in total. The van der Waals surface area contributed by atoms with E-state index in [9.17, 15) is 4.79 Å². The number of rotatable bonds is 10. The number of nitrogens with zero attached hydrogens (tertiary/aromatic N) is 1. The zero-order valence-electron chi connectivity index (χ0n) is 17.5. The Labute approximate surface area is 164 Å². The van der Waals surface area contributed by atoms with Gasteiger partial charge in [0.05, 0.1) is 7.11 Å². The van der Waals surface area contributed by atoms with Crippen LogP contribution in [-0.2, 0) is 14.3 Å². The number of hydrogen-bond donors (Lipinski definition) is 0. The van der Waals surface area contributed by atoms with Crippen molar-refractivity contribution in [2.45, 2.75) is 39.5 Å². The summed E-state index contributed by atoms with van der Waals surface area (Å²) in [5, 5.41) is 0. The van der Waals surface area contributed by atoms with Crippen LogP contribution in [0.4, 0.5) is 0 Å². The first-order chi connectivity index (χ1) is 13.0. The fourth-order valence-electron chi connectivity index (χ4n) is 3.05. The van der Waals surface area contributed by atoms with Crippen molar-refractivity contribution < 1.29 is 14.3 Å². The van der Waals surface area contributed by atoms with Gasteiger partial charge in [0.15, 0.2) is 0 Å². The Kier molecular flexibility index (Phi) is 11.2. The minimum atomic E-state index is -0.0219.